The van der Waals surface area contributed by atoms with Gasteiger partial charge in [-0.2, -0.15) is 17.9 Å². The van der Waals surface area contributed by atoms with Crippen molar-refractivity contribution in [3.63, 3.8) is 0 Å². The van der Waals surface area contributed by atoms with E-state index in [1.54, 1.807) is 42.6 Å². The summed E-state index contributed by atoms with van der Waals surface area (Å²) in [6.07, 6.45) is 1.59. The number of ether oxygens (including phenoxy) is 2. The van der Waals surface area contributed by atoms with Crippen LogP contribution in [0.25, 0.3) is 0 Å². The molecule has 2 aliphatic rings. The molecule has 164 valence electrons. The van der Waals surface area contributed by atoms with E-state index in [1.165, 1.54) is 13.2 Å². The predicted molar refractivity (Wildman–Crippen MR) is 117 cm³/mol. The zero-order valence-corrected chi connectivity index (χ0v) is 17.9. The zero-order valence-electron chi connectivity index (χ0n) is 17.1. The maximum absolute atomic E-state index is 12.5. The first-order valence-electron chi connectivity index (χ1n) is 9.88. The molecular formula is C21H24N4O5S. The van der Waals surface area contributed by atoms with Crippen LogP contribution in [0.5, 0.6) is 11.5 Å². The quantitative estimate of drug-likeness (QED) is 0.488. The van der Waals surface area contributed by atoms with Crippen LogP contribution >= 0.6 is 0 Å². The molecule has 0 saturated carbocycles. The van der Waals surface area contributed by atoms with Gasteiger partial charge in [-0.3, -0.25) is 10.3 Å². The third-order valence-corrected chi connectivity index (χ3v) is 6.53. The highest BCUT2D eigenvalue weighted by atomic mass is 32.2. The second-order valence-electron chi connectivity index (χ2n) is 7.23. The van der Waals surface area contributed by atoms with Crippen LogP contribution in [0.4, 0.5) is 0 Å². The van der Waals surface area contributed by atoms with Crippen LogP contribution in [-0.2, 0) is 14.8 Å². The highest BCUT2D eigenvalue weighted by Gasteiger charge is 2.33. The van der Waals surface area contributed by atoms with Gasteiger partial charge in [-0.25, -0.2) is 0 Å². The predicted octanol–water partition coefficient (Wildman–Crippen LogP) is 1.22. The molecule has 0 aliphatic carbocycles. The summed E-state index contributed by atoms with van der Waals surface area (Å²) < 4.78 is 39.7. The Hall–Kier alpha value is -2.95. The standard InChI is InChI=1S/C21H24N4O5S/c1-29-19-12-15(6-7-18(19)26)13-22-23-17(14-25-8-10-30-11-9-25)21-16-4-2-3-5-20(16)31(27,28)24-21/h2-7,12-13,17,23,26H,8-11,14H2,1H3/b22-13+. The fraction of sp³-hybridized carbons (Fsp3) is 0.333. The van der Waals surface area contributed by atoms with Crippen molar-refractivity contribution in [2.75, 3.05) is 40.0 Å². The van der Waals surface area contributed by atoms with Crippen LogP contribution in [0.3, 0.4) is 0 Å². The summed E-state index contributed by atoms with van der Waals surface area (Å²) in [6, 6.07) is 11.3. The topological polar surface area (TPSA) is 113 Å². The van der Waals surface area contributed by atoms with E-state index >= 15 is 0 Å². The summed E-state index contributed by atoms with van der Waals surface area (Å²) >= 11 is 0. The highest BCUT2D eigenvalue weighted by molar-refractivity contribution is 7.90. The van der Waals surface area contributed by atoms with Gasteiger partial charge in [0.15, 0.2) is 11.5 Å². The van der Waals surface area contributed by atoms with Crippen LogP contribution in [0.15, 0.2) is 56.9 Å². The summed E-state index contributed by atoms with van der Waals surface area (Å²) in [6.45, 7) is 3.29. The molecule has 1 saturated heterocycles. The van der Waals surface area contributed by atoms with Crippen molar-refractivity contribution in [1.82, 2.24) is 10.3 Å². The summed E-state index contributed by atoms with van der Waals surface area (Å²) in [4.78, 5) is 2.40. The number of methoxy groups -OCH3 is 1. The van der Waals surface area contributed by atoms with E-state index in [0.717, 1.165) is 13.1 Å². The summed E-state index contributed by atoms with van der Waals surface area (Å²) in [5.74, 6) is 0.383. The Morgan fingerprint density at radius 1 is 1.29 bits per heavy atom. The molecular weight excluding hydrogens is 420 g/mol. The monoisotopic (exact) mass is 444 g/mol. The molecule has 2 N–H and O–H groups in total. The van der Waals surface area contributed by atoms with E-state index in [1.807, 2.05) is 0 Å². The number of nitrogens with one attached hydrogen (secondary N) is 1. The van der Waals surface area contributed by atoms with Crippen LogP contribution in [-0.4, -0.2) is 76.4 Å². The SMILES string of the molecule is COc1cc(/C=N/NC(CN2CCOCC2)C2=NS(=O)(=O)c3ccccc32)ccc1O. The summed E-state index contributed by atoms with van der Waals surface area (Å²) in [7, 11) is -2.25. The normalized spacial score (nSPS) is 19.1. The number of sulfonamides is 1. The molecule has 2 aromatic rings. The third-order valence-electron chi connectivity index (χ3n) is 5.18. The van der Waals surface area contributed by atoms with Crippen molar-refractivity contribution in [1.29, 1.82) is 0 Å². The van der Waals surface area contributed by atoms with E-state index in [9.17, 15) is 13.5 Å². The smallest absolute Gasteiger partial charge is 0.283 e. The number of fused-ring (bicyclic) bond motifs is 1. The number of nitrogens with zero attached hydrogens (tertiary/aromatic N) is 3. The number of benzene rings is 2. The minimum absolute atomic E-state index is 0.0416. The third kappa shape index (κ3) is 4.71. The van der Waals surface area contributed by atoms with E-state index in [0.29, 0.717) is 42.3 Å². The Kier molecular flexibility index (Phi) is 6.21. The molecule has 1 atom stereocenters. The lowest BCUT2D eigenvalue weighted by atomic mass is 10.0. The van der Waals surface area contributed by atoms with Crippen molar-refractivity contribution in [2.24, 2.45) is 9.50 Å². The lowest BCUT2D eigenvalue weighted by Gasteiger charge is -2.30. The van der Waals surface area contributed by atoms with Crippen LogP contribution < -0.4 is 10.2 Å². The molecule has 0 aromatic heterocycles. The Balaban J connectivity index is 1.59. The van der Waals surface area contributed by atoms with Crippen molar-refractivity contribution in [2.45, 2.75) is 10.9 Å². The van der Waals surface area contributed by atoms with Gasteiger partial charge in [0.05, 0.1) is 37.1 Å². The minimum atomic E-state index is -3.72. The number of hydrogen-bond donors (Lipinski definition) is 2. The second-order valence-corrected chi connectivity index (χ2v) is 8.80. The largest absolute Gasteiger partial charge is 0.504 e. The molecule has 4 rings (SSSR count). The minimum Gasteiger partial charge on any atom is -0.504 e. The van der Waals surface area contributed by atoms with Gasteiger partial charge in [0.25, 0.3) is 10.0 Å². The summed E-state index contributed by atoms with van der Waals surface area (Å²) in [5, 5.41) is 14.1. The number of phenolic OH excluding ortho intramolecular Hbond substituents is 1. The fourth-order valence-corrected chi connectivity index (χ4v) is 4.87. The average Bonchev–Trinajstić information content (AvgIpc) is 3.06. The van der Waals surface area contributed by atoms with Gasteiger partial charge < -0.3 is 14.6 Å². The van der Waals surface area contributed by atoms with E-state index in [4.69, 9.17) is 9.47 Å². The molecule has 2 aliphatic heterocycles. The zero-order chi connectivity index (χ0) is 21.8. The molecule has 1 unspecified atom stereocenters. The van der Waals surface area contributed by atoms with E-state index in [2.05, 4.69) is 19.8 Å². The molecule has 2 aromatic carbocycles. The second kappa shape index (κ2) is 9.04. The van der Waals surface area contributed by atoms with Gasteiger partial charge in [0.2, 0.25) is 0 Å². The van der Waals surface area contributed by atoms with Crippen LogP contribution in [0, 0.1) is 0 Å². The van der Waals surface area contributed by atoms with Crippen molar-refractivity contribution >= 4 is 21.9 Å². The first kappa shape index (κ1) is 21.3. The lowest BCUT2D eigenvalue weighted by Crippen LogP contribution is -2.48. The number of hydrogen-bond acceptors (Lipinski definition) is 8. The van der Waals surface area contributed by atoms with Crippen LogP contribution in [0.1, 0.15) is 11.1 Å². The number of phenols is 1. The first-order valence-corrected chi connectivity index (χ1v) is 11.3. The fourth-order valence-electron chi connectivity index (χ4n) is 3.59. The maximum atomic E-state index is 12.5. The summed E-state index contributed by atoms with van der Waals surface area (Å²) in [5.41, 5.74) is 4.83. The number of morpholine rings is 1. The molecule has 2 heterocycles. The van der Waals surface area contributed by atoms with Crippen molar-refractivity contribution in [3.05, 3.63) is 53.6 Å². The van der Waals surface area contributed by atoms with Gasteiger partial charge in [-0.1, -0.05) is 18.2 Å². The molecule has 0 radical (unpaired) electrons. The van der Waals surface area contributed by atoms with Gasteiger partial charge in [0.1, 0.15) is 6.04 Å². The molecule has 31 heavy (non-hydrogen) atoms. The van der Waals surface area contributed by atoms with Crippen molar-refractivity contribution < 1.29 is 23.0 Å². The van der Waals surface area contributed by atoms with Gasteiger partial charge >= 0.3 is 0 Å². The first-order chi connectivity index (χ1) is 15.0. The average molecular weight is 445 g/mol. The highest BCUT2D eigenvalue weighted by Crippen LogP contribution is 2.28. The molecule has 0 amide bonds. The van der Waals surface area contributed by atoms with Gasteiger partial charge in [0, 0.05) is 25.2 Å². The molecule has 10 heteroatoms. The molecule has 0 spiro atoms. The maximum Gasteiger partial charge on any atom is 0.283 e. The van der Waals surface area contributed by atoms with Gasteiger partial charge in [-0.15, -0.1) is 0 Å². The Morgan fingerprint density at radius 3 is 2.84 bits per heavy atom. The number of rotatable bonds is 7. The Morgan fingerprint density at radius 2 is 2.06 bits per heavy atom. The number of hydrazone groups is 1. The van der Waals surface area contributed by atoms with Crippen LogP contribution in [0.2, 0.25) is 0 Å². The molecule has 0 bridgehead atoms. The molecule has 1 fully saturated rings. The number of aromatic hydroxyl groups is 1. The lowest BCUT2D eigenvalue weighted by molar-refractivity contribution is 0.0364. The van der Waals surface area contributed by atoms with Gasteiger partial charge in [-0.05, 0) is 29.8 Å². The van der Waals surface area contributed by atoms with E-state index in [-0.39, 0.29) is 10.6 Å². The Bertz CT molecular complexity index is 1110. The van der Waals surface area contributed by atoms with E-state index < -0.39 is 16.1 Å². The Labute approximate surface area is 181 Å². The van der Waals surface area contributed by atoms with Crippen molar-refractivity contribution in [3.8, 4) is 11.5 Å². The molecule has 9 nitrogen and oxygen atoms in total.